The molecule has 4 heteroatoms. The van der Waals surface area contributed by atoms with Crippen molar-refractivity contribution in [3.05, 3.63) is 22.4 Å². The molecular formula is C16H22N2OS. The third kappa shape index (κ3) is 2.01. The first kappa shape index (κ1) is 12.8. The third-order valence-corrected chi connectivity index (χ3v) is 6.43. The Bertz CT molecular complexity index is 501. The number of carbonyl (C=O) groups excluding carboxylic acids is 1. The van der Waals surface area contributed by atoms with Crippen molar-refractivity contribution in [1.29, 1.82) is 0 Å². The zero-order valence-corrected chi connectivity index (χ0v) is 12.7. The maximum atomic E-state index is 12.5. The molecule has 2 aliphatic carbocycles. The number of nitrogens with one attached hydrogen (secondary N) is 1. The second-order valence-corrected chi connectivity index (χ2v) is 7.71. The van der Waals surface area contributed by atoms with Gasteiger partial charge in [0.25, 0.3) is 0 Å². The van der Waals surface area contributed by atoms with Gasteiger partial charge in [-0.05, 0) is 55.4 Å². The molecule has 0 radical (unpaired) electrons. The Kier molecular flexibility index (Phi) is 3.11. The van der Waals surface area contributed by atoms with Crippen LogP contribution in [-0.2, 0) is 4.79 Å². The first-order valence-electron chi connectivity index (χ1n) is 7.82. The predicted octanol–water partition coefficient (Wildman–Crippen LogP) is 3.00. The minimum absolute atomic E-state index is 0.0410. The Balaban J connectivity index is 1.53. The second kappa shape index (κ2) is 4.85. The van der Waals surface area contributed by atoms with Crippen LogP contribution in [-0.4, -0.2) is 23.4 Å². The molecule has 5 unspecified atom stereocenters. The fraction of sp³-hybridized carbons (Fsp3) is 0.688. The Morgan fingerprint density at radius 3 is 2.95 bits per heavy atom. The SMILES string of the molecule is CC1NC(c2cccs2)N(CC2CC3CCC2C3)C1=O. The highest BCUT2D eigenvalue weighted by Gasteiger charge is 2.44. The topological polar surface area (TPSA) is 32.3 Å². The van der Waals surface area contributed by atoms with E-state index < -0.39 is 0 Å². The number of amides is 1. The highest BCUT2D eigenvalue weighted by Crippen LogP contribution is 2.49. The molecule has 2 heterocycles. The number of carbonyl (C=O) groups is 1. The average Bonchev–Trinajstić information content (AvgIpc) is 3.19. The van der Waals surface area contributed by atoms with Crippen molar-refractivity contribution >= 4 is 17.2 Å². The van der Waals surface area contributed by atoms with Gasteiger partial charge in [-0.25, -0.2) is 0 Å². The Labute approximate surface area is 124 Å². The zero-order valence-electron chi connectivity index (χ0n) is 11.9. The molecule has 4 rings (SSSR count). The molecule has 1 amide bonds. The molecule has 1 aromatic heterocycles. The van der Waals surface area contributed by atoms with Crippen LogP contribution in [0.25, 0.3) is 0 Å². The normalized spacial score (nSPS) is 40.0. The molecule has 0 spiro atoms. The molecule has 2 bridgehead atoms. The second-order valence-electron chi connectivity index (χ2n) is 6.73. The summed E-state index contributed by atoms with van der Waals surface area (Å²) in [5.41, 5.74) is 0. The molecule has 5 atom stereocenters. The molecule has 3 fully saturated rings. The van der Waals surface area contributed by atoms with Gasteiger partial charge >= 0.3 is 0 Å². The fourth-order valence-corrected chi connectivity index (χ4v) is 5.30. The summed E-state index contributed by atoms with van der Waals surface area (Å²) in [4.78, 5) is 15.9. The molecule has 3 aliphatic rings. The highest BCUT2D eigenvalue weighted by molar-refractivity contribution is 7.10. The van der Waals surface area contributed by atoms with Gasteiger partial charge in [0.15, 0.2) is 0 Å². The minimum atomic E-state index is -0.0410. The van der Waals surface area contributed by atoms with E-state index in [4.69, 9.17) is 0 Å². The van der Waals surface area contributed by atoms with Gasteiger partial charge in [-0.2, -0.15) is 0 Å². The summed E-state index contributed by atoms with van der Waals surface area (Å²) in [5.74, 6) is 2.86. The molecule has 20 heavy (non-hydrogen) atoms. The van der Waals surface area contributed by atoms with E-state index in [9.17, 15) is 4.79 Å². The van der Waals surface area contributed by atoms with Crippen molar-refractivity contribution in [2.24, 2.45) is 17.8 Å². The molecule has 1 N–H and O–H groups in total. The number of fused-ring (bicyclic) bond motifs is 2. The molecule has 0 aromatic carbocycles. The fourth-order valence-electron chi connectivity index (χ4n) is 4.50. The van der Waals surface area contributed by atoms with Crippen LogP contribution in [0.3, 0.4) is 0 Å². The average molecular weight is 290 g/mol. The summed E-state index contributed by atoms with van der Waals surface area (Å²) in [6.45, 7) is 2.95. The van der Waals surface area contributed by atoms with Gasteiger partial charge in [-0.1, -0.05) is 12.5 Å². The van der Waals surface area contributed by atoms with Gasteiger partial charge in [0.2, 0.25) is 5.91 Å². The first-order valence-corrected chi connectivity index (χ1v) is 8.70. The molecule has 3 nitrogen and oxygen atoms in total. The lowest BCUT2D eigenvalue weighted by molar-refractivity contribution is -0.130. The largest absolute Gasteiger partial charge is 0.320 e. The smallest absolute Gasteiger partial charge is 0.241 e. The lowest BCUT2D eigenvalue weighted by atomic mass is 9.88. The summed E-state index contributed by atoms with van der Waals surface area (Å²) in [7, 11) is 0. The number of nitrogens with zero attached hydrogens (tertiary/aromatic N) is 1. The van der Waals surface area contributed by atoms with Gasteiger partial charge in [0, 0.05) is 11.4 Å². The third-order valence-electron chi connectivity index (χ3n) is 5.50. The van der Waals surface area contributed by atoms with E-state index in [0.717, 1.165) is 24.3 Å². The number of hydrogen-bond acceptors (Lipinski definition) is 3. The summed E-state index contributed by atoms with van der Waals surface area (Å²) in [6.07, 6.45) is 5.69. The van der Waals surface area contributed by atoms with E-state index in [0.29, 0.717) is 0 Å². The van der Waals surface area contributed by atoms with Crippen molar-refractivity contribution in [3.8, 4) is 0 Å². The molecule has 2 saturated carbocycles. The van der Waals surface area contributed by atoms with Gasteiger partial charge < -0.3 is 4.90 Å². The van der Waals surface area contributed by atoms with E-state index in [1.165, 1.54) is 30.6 Å². The Morgan fingerprint density at radius 2 is 2.30 bits per heavy atom. The van der Waals surface area contributed by atoms with Crippen molar-refractivity contribution in [1.82, 2.24) is 10.2 Å². The number of rotatable bonds is 3. The van der Waals surface area contributed by atoms with Crippen LogP contribution in [0.2, 0.25) is 0 Å². The molecule has 1 aliphatic heterocycles. The van der Waals surface area contributed by atoms with Crippen LogP contribution in [0.15, 0.2) is 17.5 Å². The van der Waals surface area contributed by atoms with E-state index in [1.807, 2.05) is 6.92 Å². The van der Waals surface area contributed by atoms with E-state index >= 15 is 0 Å². The highest BCUT2D eigenvalue weighted by atomic mass is 32.1. The van der Waals surface area contributed by atoms with Crippen LogP contribution < -0.4 is 5.32 Å². The summed E-state index contributed by atoms with van der Waals surface area (Å²) in [5, 5.41) is 5.56. The molecule has 108 valence electrons. The maximum Gasteiger partial charge on any atom is 0.241 e. The minimum Gasteiger partial charge on any atom is -0.320 e. The maximum absolute atomic E-state index is 12.5. The van der Waals surface area contributed by atoms with Gasteiger partial charge in [-0.15, -0.1) is 11.3 Å². The van der Waals surface area contributed by atoms with Crippen LogP contribution in [0.1, 0.15) is 43.6 Å². The van der Waals surface area contributed by atoms with Gasteiger partial charge in [0.1, 0.15) is 6.17 Å². The van der Waals surface area contributed by atoms with Crippen molar-refractivity contribution in [2.45, 2.75) is 44.8 Å². The lowest BCUT2D eigenvalue weighted by Gasteiger charge is -2.30. The van der Waals surface area contributed by atoms with Crippen LogP contribution in [0.5, 0.6) is 0 Å². The van der Waals surface area contributed by atoms with Crippen molar-refractivity contribution in [2.75, 3.05) is 6.54 Å². The van der Waals surface area contributed by atoms with Crippen LogP contribution in [0.4, 0.5) is 0 Å². The standard InChI is InChI=1S/C16H22N2OS/c1-10-16(19)18(15(17-10)14-3-2-6-20-14)9-13-8-11-4-5-12(13)7-11/h2-3,6,10-13,15,17H,4-5,7-9H2,1H3. The van der Waals surface area contributed by atoms with Crippen molar-refractivity contribution < 1.29 is 4.79 Å². The summed E-state index contributed by atoms with van der Waals surface area (Å²) < 4.78 is 0. The van der Waals surface area contributed by atoms with Gasteiger partial charge in [0.05, 0.1) is 6.04 Å². The molecular weight excluding hydrogens is 268 g/mol. The summed E-state index contributed by atoms with van der Waals surface area (Å²) in [6, 6.07) is 4.17. The van der Waals surface area contributed by atoms with E-state index in [2.05, 4.69) is 27.7 Å². The van der Waals surface area contributed by atoms with E-state index in [-0.39, 0.29) is 18.1 Å². The van der Waals surface area contributed by atoms with Crippen LogP contribution >= 0.6 is 11.3 Å². The number of thiophene rings is 1. The lowest BCUT2D eigenvalue weighted by Crippen LogP contribution is -2.36. The van der Waals surface area contributed by atoms with Crippen molar-refractivity contribution in [3.63, 3.8) is 0 Å². The van der Waals surface area contributed by atoms with Crippen LogP contribution in [0, 0.1) is 17.8 Å². The summed E-state index contributed by atoms with van der Waals surface area (Å²) >= 11 is 1.74. The van der Waals surface area contributed by atoms with Gasteiger partial charge in [-0.3, -0.25) is 10.1 Å². The molecule has 1 saturated heterocycles. The zero-order chi connectivity index (χ0) is 13.7. The molecule has 1 aromatic rings. The monoisotopic (exact) mass is 290 g/mol. The quantitative estimate of drug-likeness (QED) is 0.928. The Hall–Kier alpha value is -0.870. The van der Waals surface area contributed by atoms with E-state index in [1.54, 1.807) is 11.3 Å². The predicted molar refractivity (Wildman–Crippen MR) is 80.3 cm³/mol. The Morgan fingerprint density at radius 1 is 1.40 bits per heavy atom. The number of hydrogen-bond donors (Lipinski definition) is 1. The first-order chi connectivity index (χ1) is 9.72.